The van der Waals surface area contributed by atoms with Crippen LogP contribution in [0.5, 0.6) is 5.75 Å². The summed E-state index contributed by atoms with van der Waals surface area (Å²) in [6, 6.07) is 10.2. The molecule has 1 aliphatic heterocycles. The highest BCUT2D eigenvalue weighted by atomic mass is 16.5. The summed E-state index contributed by atoms with van der Waals surface area (Å²) in [6.07, 6.45) is 1.96. The summed E-state index contributed by atoms with van der Waals surface area (Å²) in [5.41, 5.74) is 4.43. The number of hydrogen-bond acceptors (Lipinski definition) is 5. The smallest absolute Gasteiger partial charge is 0.126 e. The van der Waals surface area contributed by atoms with Gasteiger partial charge in [0.1, 0.15) is 11.6 Å². The summed E-state index contributed by atoms with van der Waals surface area (Å²) in [5, 5.41) is 3.26. The molecule has 24 heavy (non-hydrogen) atoms. The van der Waals surface area contributed by atoms with Crippen molar-refractivity contribution in [3.63, 3.8) is 0 Å². The van der Waals surface area contributed by atoms with Crippen LogP contribution in [-0.2, 0) is 11.3 Å². The van der Waals surface area contributed by atoms with E-state index in [1.54, 1.807) is 13.3 Å². The second kappa shape index (κ2) is 7.45. The van der Waals surface area contributed by atoms with Crippen LogP contribution < -0.4 is 10.1 Å². The van der Waals surface area contributed by atoms with Crippen LogP contribution in [-0.4, -0.2) is 37.1 Å². The third-order valence-corrected chi connectivity index (χ3v) is 3.76. The Kier molecular flexibility index (Phi) is 5.11. The zero-order chi connectivity index (χ0) is 16.9. The van der Waals surface area contributed by atoms with Crippen LogP contribution in [0.15, 0.2) is 41.5 Å². The number of nitrogens with zero attached hydrogens (tertiary/aromatic N) is 2. The third-order valence-electron chi connectivity index (χ3n) is 3.76. The van der Waals surface area contributed by atoms with Gasteiger partial charge in [-0.15, -0.1) is 0 Å². The number of hydrogen-bond donors (Lipinski definition) is 1. The average molecular weight is 325 g/mol. The van der Waals surface area contributed by atoms with Crippen molar-refractivity contribution in [1.29, 1.82) is 0 Å². The SMILES string of the molecule is COCCNc1cc(C2=NCc3ccc(OC(C)C)cc32)ccn1. The molecule has 0 saturated carbocycles. The van der Waals surface area contributed by atoms with E-state index >= 15 is 0 Å². The first-order valence-electron chi connectivity index (χ1n) is 8.21. The van der Waals surface area contributed by atoms with Crippen LogP contribution in [0.25, 0.3) is 0 Å². The molecule has 5 nitrogen and oxygen atoms in total. The monoisotopic (exact) mass is 325 g/mol. The van der Waals surface area contributed by atoms with Crippen LogP contribution >= 0.6 is 0 Å². The lowest BCUT2D eigenvalue weighted by Crippen LogP contribution is -2.10. The van der Waals surface area contributed by atoms with E-state index < -0.39 is 0 Å². The average Bonchev–Trinajstić information content (AvgIpc) is 2.98. The maximum absolute atomic E-state index is 5.82. The third kappa shape index (κ3) is 3.74. The predicted octanol–water partition coefficient (Wildman–Crippen LogP) is 3.28. The molecule has 1 N–H and O–H groups in total. The molecular weight excluding hydrogens is 302 g/mol. The number of rotatable bonds is 7. The normalized spacial score (nSPS) is 12.9. The van der Waals surface area contributed by atoms with Crippen LogP contribution in [0.4, 0.5) is 5.82 Å². The lowest BCUT2D eigenvalue weighted by molar-refractivity contribution is 0.210. The van der Waals surface area contributed by atoms with Crippen molar-refractivity contribution in [3.8, 4) is 5.75 Å². The summed E-state index contributed by atoms with van der Waals surface area (Å²) >= 11 is 0. The Hall–Kier alpha value is -2.40. The molecule has 126 valence electrons. The van der Waals surface area contributed by atoms with E-state index in [2.05, 4.69) is 22.4 Å². The van der Waals surface area contributed by atoms with Crippen molar-refractivity contribution in [2.45, 2.75) is 26.5 Å². The minimum Gasteiger partial charge on any atom is -0.491 e. The van der Waals surface area contributed by atoms with Crippen molar-refractivity contribution in [3.05, 3.63) is 53.2 Å². The van der Waals surface area contributed by atoms with E-state index in [0.717, 1.165) is 35.0 Å². The number of benzene rings is 1. The fraction of sp³-hybridized carbons (Fsp3) is 0.368. The Balaban J connectivity index is 1.84. The number of pyridine rings is 1. The van der Waals surface area contributed by atoms with Gasteiger partial charge >= 0.3 is 0 Å². The van der Waals surface area contributed by atoms with Gasteiger partial charge in [-0.25, -0.2) is 4.98 Å². The number of nitrogens with one attached hydrogen (secondary N) is 1. The van der Waals surface area contributed by atoms with Gasteiger partial charge in [0.05, 0.1) is 25.0 Å². The Morgan fingerprint density at radius 2 is 2.08 bits per heavy atom. The zero-order valence-electron chi connectivity index (χ0n) is 14.4. The lowest BCUT2D eigenvalue weighted by atomic mass is 10.0. The lowest BCUT2D eigenvalue weighted by Gasteiger charge is -2.12. The Labute approximate surface area is 142 Å². The highest BCUT2D eigenvalue weighted by Crippen LogP contribution is 2.28. The number of aliphatic imine (C=N–C) groups is 1. The van der Waals surface area contributed by atoms with Gasteiger partial charge in [0.25, 0.3) is 0 Å². The molecule has 0 fully saturated rings. The molecule has 0 bridgehead atoms. The van der Waals surface area contributed by atoms with Gasteiger partial charge in [-0.1, -0.05) is 6.07 Å². The van der Waals surface area contributed by atoms with Crippen LogP contribution in [0.2, 0.25) is 0 Å². The van der Waals surface area contributed by atoms with Gasteiger partial charge in [-0.3, -0.25) is 4.99 Å². The van der Waals surface area contributed by atoms with Crippen molar-refractivity contribution in [1.82, 2.24) is 4.98 Å². The maximum Gasteiger partial charge on any atom is 0.126 e. The molecule has 0 unspecified atom stereocenters. The summed E-state index contributed by atoms with van der Waals surface area (Å²) in [5.74, 6) is 1.71. The van der Waals surface area contributed by atoms with Gasteiger partial charge in [-0.05, 0) is 43.7 Å². The Morgan fingerprint density at radius 1 is 1.21 bits per heavy atom. The second-order valence-corrected chi connectivity index (χ2v) is 6.00. The molecule has 5 heteroatoms. The molecule has 1 aromatic heterocycles. The van der Waals surface area contributed by atoms with Crippen LogP contribution in [0.1, 0.15) is 30.5 Å². The van der Waals surface area contributed by atoms with Crippen molar-refractivity contribution in [2.24, 2.45) is 4.99 Å². The van der Waals surface area contributed by atoms with Gasteiger partial charge in [0.15, 0.2) is 0 Å². The summed E-state index contributed by atoms with van der Waals surface area (Å²) in [7, 11) is 1.69. The fourth-order valence-electron chi connectivity index (χ4n) is 2.71. The highest BCUT2D eigenvalue weighted by molar-refractivity contribution is 6.15. The molecule has 1 aromatic carbocycles. The largest absolute Gasteiger partial charge is 0.491 e. The molecule has 0 aliphatic carbocycles. The first-order chi connectivity index (χ1) is 11.7. The molecule has 2 heterocycles. The van der Waals surface area contributed by atoms with Gasteiger partial charge in [0.2, 0.25) is 0 Å². The standard InChI is InChI=1S/C19H23N3O2/c1-13(2)24-16-5-4-15-12-22-19(17(15)11-16)14-6-7-20-18(10-14)21-8-9-23-3/h4-7,10-11,13H,8-9,12H2,1-3H3,(H,20,21). The van der Waals surface area contributed by atoms with E-state index in [9.17, 15) is 0 Å². The molecule has 2 aromatic rings. The summed E-state index contributed by atoms with van der Waals surface area (Å²) in [4.78, 5) is 9.06. The van der Waals surface area contributed by atoms with Crippen molar-refractivity contribution in [2.75, 3.05) is 25.6 Å². The fourth-order valence-corrected chi connectivity index (χ4v) is 2.71. The zero-order valence-corrected chi connectivity index (χ0v) is 14.4. The minimum atomic E-state index is 0.155. The highest BCUT2D eigenvalue weighted by Gasteiger charge is 2.19. The molecular formula is C19H23N3O2. The summed E-state index contributed by atoms with van der Waals surface area (Å²) < 4.78 is 10.9. The Morgan fingerprint density at radius 3 is 2.88 bits per heavy atom. The van der Waals surface area contributed by atoms with E-state index in [4.69, 9.17) is 14.5 Å². The number of aromatic nitrogens is 1. The topological polar surface area (TPSA) is 55.7 Å². The van der Waals surface area contributed by atoms with E-state index in [0.29, 0.717) is 13.2 Å². The first-order valence-corrected chi connectivity index (χ1v) is 8.21. The molecule has 3 rings (SSSR count). The van der Waals surface area contributed by atoms with E-state index in [1.165, 1.54) is 5.56 Å². The van der Waals surface area contributed by atoms with Crippen LogP contribution in [0, 0.1) is 0 Å². The van der Waals surface area contributed by atoms with Crippen LogP contribution in [0.3, 0.4) is 0 Å². The predicted molar refractivity (Wildman–Crippen MR) is 96.2 cm³/mol. The second-order valence-electron chi connectivity index (χ2n) is 6.00. The first kappa shape index (κ1) is 16.5. The number of fused-ring (bicyclic) bond motifs is 1. The quantitative estimate of drug-likeness (QED) is 0.794. The minimum absolute atomic E-state index is 0.155. The van der Waals surface area contributed by atoms with Crippen molar-refractivity contribution < 1.29 is 9.47 Å². The molecule has 0 radical (unpaired) electrons. The number of ether oxygens (including phenoxy) is 2. The van der Waals surface area contributed by atoms with Gasteiger partial charge in [0, 0.05) is 31.0 Å². The number of methoxy groups -OCH3 is 1. The van der Waals surface area contributed by atoms with E-state index in [1.807, 2.05) is 32.0 Å². The van der Waals surface area contributed by atoms with E-state index in [-0.39, 0.29) is 6.10 Å². The molecule has 0 saturated heterocycles. The number of anilines is 1. The maximum atomic E-state index is 5.82. The molecule has 0 spiro atoms. The Bertz CT molecular complexity index is 741. The molecule has 0 atom stereocenters. The molecule has 0 amide bonds. The van der Waals surface area contributed by atoms with Gasteiger partial charge in [-0.2, -0.15) is 0 Å². The summed E-state index contributed by atoms with van der Waals surface area (Å²) in [6.45, 7) is 6.14. The van der Waals surface area contributed by atoms with Crippen molar-refractivity contribution >= 4 is 11.5 Å². The van der Waals surface area contributed by atoms with Gasteiger partial charge < -0.3 is 14.8 Å². The molecule has 1 aliphatic rings.